The average molecular weight is 504 g/mol. The van der Waals surface area contributed by atoms with Crippen molar-refractivity contribution >= 4 is 5.91 Å². The van der Waals surface area contributed by atoms with Crippen molar-refractivity contribution in [3.8, 4) is 34.3 Å². The van der Waals surface area contributed by atoms with Crippen LogP contribution >= 0.6 is 0 Å². The molecule has 0 radical (unpaired) electrons. The van der Waals surface area contributed by atoms with Gasteiger partial charge in [-0.25, -0.2) is 0 Å². The number of aliphatic hydroxyl groups excluding tert-OH is 2. The zero-order chi connectivity index (χ0) is 26.3. The Morgan fingerprint density at radius 2 is 1.67 bits per heavy atom. The lowest BCUT2D eigenvalue weighted by atomic mass is 10.1. The molecule has 0 aliphatic heterocycles. The highest BCUT2D eigenvalue weighted by molar-refractivity contribution is 5.82. The van der Waals surface area contributed by atoms with Crippen LogP contribution < -0.4 is 5.32 Å². The van der Waals surface area contributed by atoms with Crippen LogP contribution in [-0.4, -0.2) is 44.6 Å². The summed E-state index contributed by atoms with van der Waals surface area (Å²) in [5, 5.41) is 28.4. The fourth-order valence-corrected chi connectivity index (χ4v) is 3.17. The maximum Gasteiger partial charge on any atom is 0.422 e. The zero-order valence-corrected chi connectivity index (χ0v) is 19.3. The van der Waals surface area contributed by atoms with Gasteiger partial charge in [-0.3, -0.25) is 4.79 Å². The summed E-state index contributed by atoms with van der Waals surface area (Å²) in [5.74, 6) is -1.95. The highest BCUT2D eigenvalue weighted by Crippen LogP contribution is 2.43. The van der Waals surface area contributed by atoms with Gasteiger partial charge in [-0.1, -0.05) is 78.8 Å². The maximum atomic E-state index is 13.8. The summed E-state index contributed by atoms with van der Waals surface area (Å²) < 4.78 is 51.5. The smallest absolute Gasteiger partial charge is 0.395 e. The molecule has 0 aliphatic carbocycles. The van der Waals surface area contributed by atoms with Crippen molar-refractivity contribution in [2.75, 3.05) is 13.2 Å². The molecule has 1 atom stereocenters. The quantitative estimate of drug-likeness (QED) is 0.340. The van der Waals surface area contributed by atoms with Crippen LogP contribution in [0.25, 0.3) is 34.3 Å². The van der Waals surface area contributed by atoms with Crippen LogP contribution in [0.4, 0.5) is 13.2 Å². The first-order chi connectivity index (χ1) is 17.3. The Bertz CT molecular complexity index is 1270. The summed E-state index contributed by atoms with van der Waals surface area (Å²) in [6.07, 6.45) is -6.27. The van der Waals surface area contributed by atoms with Crippen molar-refractivity contribution in [2.24, 2.45) is 0 Å². The first-order valence-corrected chi connectivity index (χ1v) is 10.9. The fraction of sp³-hybridized carbons (Fsp3) is 0.250. The molecule has 0 fully saturated rings. The van der Waals surface area contributed by atoms with Gasteiger partial charge in [0, 0.05) is 17.7 Å². The van der Waals surface area contributed by atoms with Crippen molar-refractivity contribution in [3.63, 3.8) is 0 Å². The number of hydrogen-bond donors (Lipinski definition) is 3. The Hall–Kier alpha value is -4.03. The monoisotopic (exact) mass is 504 g/mol. The van der Waals surface area contributed by atoms with Crippen LogP contribution in [0.1, 0.15) is 31.1 Å². The highest BCUT2D eigenvalue weighted by atomic mass is 19.4. The minimum atomic E-state index is -4.80. The van der Waals surface area contributed by atoms with Crippen LogP contribution in [0, 0.1) is 0 Å². The van der Waals surface area contributed by atoms with E-state index in [0.717, 1.165) is 0 Å². The standard InChI is InChI=1S/C22H17F3N4O5.C2H6/c23-22(24,25)15-16(12-4-2-1-3-5-12)28-33-18(15)21-27-19(29-34-21)14-8-6-13(7-9-14)17(31)20(32)26-10-11-30;1-2/h1-9,17,30-31H,10-11H2,(H,26,32);1-2H3. The lowest BCUT2D eigenvalue weighted by molar-refractivity contribution is -0.137. The molecule has 12 heteroatoms. The number of hydrogen-bond acceptors (Lipinski definition) is 8. The van der Waals surface area contributed by atoms with E-state index < -0.39 is 41.1 Å². The molecule has 36 heavy (non-hydrogen) atoms. The molecular weight excluding hydrogens is 481 g/mol. The number of aliphatic hydroxyl groups is 2. The summed E-state index contributed by atoms with van der Waals surface area (Å²) >= 11 is 0. The minimum absolute atomic E-state index is 0.00680. The third-order valence-corrected chi connectivity index (χ3v) is 4.79. The normalized spacial score (nSPS) is 12.0. The van der Waals surface area contributed by atoms with Gasteiger partial charge >= 0.3 is 6.18 Å². The lowest BCUT2D eigenvalue weighted by Crippen LogP contribution is -2.31. The van der Waals surface area contributed by atoms with E-state index in [0.29, 0.717) is 5.56 Å². The summed E-state index contributed by atoms with van der Waals surface area (Å²) in [6, 6.07) is 13.5. The van der Waals surface area contributed by atoms with E-state index in [4.69, 9.17) is 14.2 Å². The number of nitrogens with zero attached hydrogens (tertiary/aromatic N) is 3. The number of nitrogens with one attached hydrogen (secondary N) is 1. The molecule has 0 bridgehead atoms. The number of aromatic nitrogens is 3. The van der Waals surface area contributed by atoms with Gasteiger partial charge in [0.15, 0.2) is 6.10 Å². The molecule has 0 aliphatic rings. The Morgan fingerprint density at radius 1 is 1.00 bits per heavy atom. The molecule has 2 heterocycles. The van der Waals surface area contributed by atoms with E-state index in [-0.39, 0.29) is 30.1 Å². The topological polar surface area (TPSA) is 135 Å². The Balaban J connectivity index is 0.00000176. The molecule has 3 N–H and O–H groups in total. The Kier molecular flexibility index (Phi) is 8.56. The predicted molar refractivity (Wildman–Crippen MR) is 122 cm³/mol. The molecule has 1 unspecified atom stereocenters. The molecule has 4 aromatic rings. The number of carbonyl (C=O) groups excluding carboxylic acids is 1. The van der Waals surface area contributed by atoms with Crippen LogP contribution in [0.5, 0.6) is 0 Å². The summed E-state index contributed by atoms with van der Waals surface area (Å²) in [5.41, 5.74) is -0.716. The predicted octanol–water partition coefficient (Wildman–Crippen LogP) is 4.25. The van der Waals surface area contributed by atoms with Crippen molar-refractivity contribution in [3.05, 3.63) is 65.7 Å². The maximum absolute atomic E-state index is 13.8. The second-order valence-corrected chi connectivity index (χ2v) is 7.06. The van der Waals surface area contributed by atoms with Crippen molar-refractivity contribution in [1.82, 2.24) is 20.6 Å². The van der Waals surface area contributed by atoms with Gasteiger partial charge < -0.3 is 24.6 Å². The van der Waals surface area contributed by atoms with Gasteiger partial charge in [0.25, 0.3) is 11.8 Å². The van der Waals surface area contributed by atoms with Gasteiger partial charge in [-0.05, 0) is 5.56 Å². The molecule has 4 rings (SSSR count). The second kappa shape index (κ2) is 11.6. The van der Waals surface area contributed by atoms with E-state index >= 15 is 0 Å². The van der Waals surface area contributed by atoms with Crippen molar-refractivity contribution in [2.45, 2.75) is 26.1 Å². The molecule has 9 nitrogen and oxygen atoms in total. The number of alkyl halides is 3. The SMILES string of the molecule is CC.O=C(NCCO)C(O)c1ccc(-c2noc(-c3onc(-c4ccccc4)c3C(F)(F)F)n2)cc1. The van der Waals surface area contributed by atoms with Gasteiger partial charge in [-0.15, -0.1) is 0 Å². The molecule has 1 amide bonds. The first-order valence-electron chi connectivity index (χ1n) is 10.9. The Labute approximate surface area is 203 Å². The lowest BCUT2D eigenvalue weighted by Gasteiger charge is -2.11. The molecule has 190 valence electrons. The van der Waals surface area contributed by atoms with Crippen LogP contribution in [0.15, 0.2) is 63.6 Å². The Morgan fingerprint density at radius 3 is 2.28 bits per heavy atom. The average Bonchev–Trinajstić information content (AvgIpc) is 3.56. The van der Waals surface area contributed by atoms with E-state index in [1.165, 1.54) is 36.4 Å². The third kappa shape index (κ3) is 5.78. The summed E-state index contributed by atoms with van der Waals surface area (Å²) in [7, 11) is 0. The molecule has 2 aromatic heterocycles. The van der Waals surface area contributed by atoms with Crippen LogP contribution in [0.3, 0.4) is 0 Å². The van der Waals surface area contributed by atoms with Crippen LogP contribution in [-0.2, 0) is 11.0 Å². The highest BCUT2D eigenvalue weighted by Gasteiger charge is 2.42. The summed E-state index contributed by atoms with van der Waals surface area (Å²) in [4.78, 5) is 15.8. The molecule has 0 saturated carbocycles. The van der Waals surface area contributed by atoms with Crippen molar-refractivity contribution in [1.29, 1.82) is 0 Å². The summed E-state index contributed by atoms with van der Waals surface area (Å²) in [6.45, 7) is 3.72. The van der Waals surface area contributed by atoms with Gasteiger partial charge in [0.2, 0.25) is 11.6 Å². The number of rotatable bonds is 7. The van der Waals surface area contributed by atoms with E-state index in [1.807, 2.05) is 13.8 Å². The zero-order valence-electron chi connectivity index (χ0n) is 19.3. The number of carbonyl (C=O) groups is 1. The van der Waals surface area contributed by atoms with E-state index in [9.17, 15) is 23.1 Å². The second-order valence-electron chi connectivity index (χ2n) is 7.06. The number of halogens is 3. The first kappa shape index (κ1) is 26.6. The largest absolute Gasteiger partial charge is 0.422 e. The molecular formula is C24H23F3N4O5. The molecule has 0 spiro atoms. The fourth-order valence-electron chi connectivity index (χ4n) is 3.17. The number of benzene rings is 2. The van der Waals surface area contributed by atoms with Gasteiger partial charge in [0.05, 0.1) is 6.61 Å². The van der Waals surface area contributed by atoms with Gasteiger partial charge in [0.1, 0.15) is 11.3 Å². The number of amides is 1. The van der Waals surface area contributed by atoms with Gasteiger partial charge in [-0.2, -0.15) is 18.2 Å². The minimum Gasteiger partial charge on any atom is -0.395 e. The van der Waals surface area contributed by atoms with Crippen LogP contribution in [0.2, 0.25) is 0 Å². The van der Waals surface area contributed by atoms with E-state index in [2.05, 4.69) is 20.6 Å². The molecule has 0 saturated heterocycles. The van der Waals surface area contributed by atoms with Crippen molar-refractivity contribution < 1.29 is 37.2 Å². The third-order valence-electron chi connectivity index (χ3n) is 4.79. The van der Waals surface area contributed by atoms with E-state index in [1.54, 1.807) is 18.2 Å². The molecule has 2 aromatic carbocycles.